The molecule has 4 heterocycles. The molecule has 1 aromatic carbocycles. The fourth-order valence-electron chi connectivity index (χ4n) is 5.09. The van der Waals surface area contributed by atoms with Crippen LogP contribution >= 0.6 is 0 Å². The Balaban J connectivity index is 1.44. The second-order valence-corrected chi connectivity index (χ2v) is 10.5. The number of nitrogen functional groups attached to an aromatic ring is 1. The van der Waals surface area contributed by atoms with E-state index in [0.29, 0.717) is 35.7 Å². The Bertz CT molecular complexity index is 1660. The number of piperidine rings is 1. The quantitative estimate of drug-likeness (QED) is 0.295. The number of anilines is 2. The molecule has 3 N–H and O–H groups in total. The number of rotatable bonds is 7. The van der Waals surface area contributed by atoms with E-state index in [2.05, 4.69) is 15.3 Å². The molecule has 2 amide bonds. The lowest BCUT2D eigenvalue weighted by Gasteiger charge is -2.34. The zero-order valence-electron chi connectivity index (χ0n) is 23.7. The molecule has 5 rings (SSSR count). The summed E-state index contributed by atoms with van der Waals surface area (Å²) in [5.41, 5.74) is 7.37. The number of amides is 2. The summed E-state index contributed by atoms with van der Waals surface area (Å²) in [7, 11) is 3.86. The lowest BCUT2D eigenvalue weighted by atomic mass is 10.0. The summed E-state index contributed by atoms with van der Waals surface area (Å²) in [6.45, 7) is 1.25. The number of likely N-dealkylation sites (tertiary alicyclic amines) is 1. The largest absolute Gasteiger partial charge is 0.416 e. The number of benzene rings is 1. The van der Waals surface area contributed by atoms with Crippen LogP contribution < -0.4 is 11.1 Å². The van der Waals surface area contributed by atoms with Gasteiger partial charge in [0.05, 0.1) is 11.6 Å². The molecule has 224 valence electrons. The van der Waals surface area contributed by atoms with Crippen LogP contribution in [0.5, 0.6) is 0 Å². The van der Waals surface area contributed by atoms with Crippen LogP contribution in [0.15, 0.2) is 67.1 Å². The Kier molecular flexibility index (Phi) is 8.44. The number of nitrogens with zero attached hydrogens (tertiary/aromatic N) is 6. The lowest BCUT2D eigenvalue weighted by Crippen LogP contribution is -2.38. The maximum absolute atomic E-state index is 13.2. The molecule has 0 saturated carbocycles. The highest BCUT2D eigenvalue weighted by molar-refractivity contribution is 6.04. The van der Waals surface area contributed by atoms with E-state index in [1.807, 2.05) is 34.4 Å². The smallest absolute Gasteiger partial charge is 0.382 e. The van der Waals surface area contributed by atoms with E-state index in [1.165, 1.54) is 0 Å². The number of likely N-dealkylation sites (N-methyl/N-ethyl adjacent to an activating group) is 1. The zero-order chi connectivity index (χ0) is 30.7. The molecule has 0 spiro atoms. The van der Waals surface area contributed by atoms with Crippen LogP contribution in [0, 0.1) is 0 Å². The molecule has 1 atom stereocenters. The molecule has 4 aromatic rings. The predicted molar refractivity (Wildman–Crippen MR) is 156 cm³/mol. The summed E-state index contributed by atoms with van der Waals surface area (Å²) in [4.78, 5) is 42.8. The van der Waals surface area contributed by atoms with Crippen LogP contribution in [0.3, 0.4) is 0 Å². The van der Waals surface area contributed by atoms with E-state index in [9.17, 15) is 22.8 Å². The average Bonchev–Trinajstić information content (AvgIpc) is 3.37. The van der Waals surface area contributed by atoms with Gasteiger partial charge >= 0.3 is 6.18 Å². The van der Waals surface area contributed by atoms with Gasteiger partial charge in [0, 0.05) is 48.9 Å². The van der Waals surface area contributed by atoms with Crippen molar-refractivity contribution in [2.24, 2.45) is 0 Å². The van der Waals surface area contributed by atoms with Crippen LogP contribution in [0.25, 0.3) is 16.8 Å². The minimum absolute atomic E-state index is 0.0856. The van der Waals surface area contributed by atoms with E-state index in [1.54, 1.807) is 42.7 Å². The Labute approximate surface area is 246 Å². The minimum Gasteiger partial charge on any atom is -0.382 e. The first-order chi connectivity index (χ1) is 20.5. The third-order valence-corrected chi connectivity index (χ3v) is 7.17. The van der Waals surface area contributed by atoms with Crippen molar-refractivity contribution < 1.29 is 22.8 Å². The third-order valence-electron chi connectivity index (χ3n) is 7.17. The van der Waals surface area contributed by atoms with Crippen molar-refractivity contribution >= 4 is 29.0 Å². The summed E-state index contributed by atoms with van der Waals surface area (Å²) in [5.74, 6) is 0.000566. The number of halogens is 3. The van der Waals surface area contributed by atoms with Gasteiger partial charge in [0.2, 0.25) is 5.91 Å². The van der Waals surface area contributed by atoms with E-state index in [-0.39, 0.29) is 29.1 Å². The number of fused-ring (bicyclic) bond motifs is 1. The summed E-state index contributed by atoms with van der Waals surface area (Å²) >= 11 is 0. The monoisotopic (exact) mass is 592 g/mol. The number of pyridine rings is 1. The number of aromatic nitrogens is 4. The summed E-state index contributed by atoms with van der Waals surface area (Å²) in [6, 6.07) is 7.78. The molecule has 3 aromatic heterocycles. The highest BCUT2D eigenvalue weighted by Gasteiger charge is 2.32. The number of hydrogen-bond acceptors (Lipinski definition) is 7. The summed E-state index contributed by atoms with van der Waals surface area (Å²) < 4.78 is 41.0. The van der Waals surface area contributed by atoms with Crippen molar-refractivity contribution in [3.8, 4) is 11.3 Å². The second-order valence-electron chi connectivity index (χ2n) is 10.5. The van der Waals surface area contributed by atoms with Crippen LogP contribution in [0.4, 0.5) is 24.8 Å². The van der Waals surface area contributed by atoms with E-state index in [0.717, 1.165) is 37.6 Å². The number of nitrogens with two attached hydrogens (primary N) is 1. The van der Waals surface area contributed by atoms with Crippen molar-refractivity contribution in [1.82, 2.24) is 29.2 Å². The first-order valence-corrected chi connectivity index (χ1v) is 13.7. The number of hydrogen-bond donors (Lipinski definition) is 2. The van der Waals surface area contributed by atoms with E-state index in [4.69, 9.17) is 10.7 Å². The Hall–Kier alpha value is -4.78. The van der Waals surface area contributed by atoms with Gasteiger partial charge in [-0.1, -0.05) is 18.2 Å². The zero-order valence-corrected chi connectivity index (χ0v) is 23.7. The fraction of sp³-hybridized carbons (Fsp3) is 0.300. The van der Waals surface area contributed by atoms with Gasteiger partial charge in [-0.25, -0.2) is 15.0 Å². The maximum atomic E-state index is 13.2. The average molecular weight is 593 g/mol. The SMILES string of the molecule is CN(C)C/C=C/C(=O)N1CCCCC1c1nc(-c2ccc(C(=O)Nc3cc(C(F)(F)F)ccn3)cc2)c2c(N)nccn12. The van der Waals surface area contributed by atoms with Crippen LogP contribution in [0.1, 0.15) is 47.1 Å². The van der Waals surface area contributed by atoms with Gasteiger partial charge in [0.15, 0.2) is 0 Å². The first kappa shape index (κ1) is 29.7. The lowest BCUT2D eigenvalue weighted by molar-refractivity contribution is -0.137. The number of carbonyl (C=O) groups is 2. The highest BCUT2D eigenvalue weighted by Crippen LogP contribution is 2.36. The molecule has 1 aliphatic rings. The summed E-state index contributed by atoms with van der Waals surface area (Å²) in [6.07, 6.45) is 5.78. The Morgan fingerprint density at radius 1 is 1.12 bits per heavy atom. The number of imidazole rings is 1. The normalized spacial score (nSPS) is 15.9. The predicted octanol–water partition coefficient (Wildman–Crippen LogP) is 4.82. The minimum atomic E-state index is -4.56. The molecule has 1 unspecified atom stereocenters. The van der Waals surface area contributed by atoms with Crippen molar-refractivity contribution in [2.45, 2.75) is 31.5 Å². The summed E-state index contributed by atoms with van der Waals surface area (Å²) in [5, 5.41) is 2.41. The molecule has 13 heteroatoms. The highest BCUT2D eigenvalue weighted by atomic mass is 19.4. The topological polar surface area (TPSA) is 122 Å². The third kappa shape index (κ3) is 6.51. The maximum Gasteiger partial charge on any atom is 0.416 e. The molecular weight excluding hydrogens is 561 g/mol. The molecule has 10 nitrogen and oxygen atoms in total. The van der Waals surface area contributed by atoms with E-state index < -0.39 is 17.6 Å². The second kappa shape index (κ2) is 12.2. The van der Waals surface area contributed by atoms with Crippen LogP contribution in [0.2, 0.25) is 0 Å². The fourth-order valence-corrected chi connectivity index (χ4v) is 5.09. The van der Waals surface area contributed by atoms with Gasteiger partial charge in [-0.05, 0) is 57.6 Å². The standard InChI is InChI=1S/C30H31F3N8O2/c1-39(2)15-5-7-24(42)40-16-4-3-6-22(40)28-38-25(26-27(34)36-14-17-41(26)28)19-8-10-20(11-9-19)29(43)37-23-18-21(12-13-35-23)30(31,32)33/h5,7-14,17-18,22H,3-4,6,15-16H2,1-2H3,(H2,34,36)(H,35,37,43)/b7-5+. The molecule has 0 bridgehead atoms. The van der Waals surface area contributed by atoms with Gasteiger partial charge < -0.3 is 20.9 Å². The number of alkyl halides is 3. The number of carbonyl (C=O) groups excluding carboxylic acids is 2. The van der Waals surface area contributed by atoms with E-state index >= 15 is 0 Å². The van der Waals surface area contributed by atoms with Gasteiger partial charge in [-0.3, -0.25) is 14.0 Å². The van der Waals surface area contributed by atoms with Crippen molar-refractivity contribution in [3.05, 3.63) is 84.1 Å². The molecular formula is C30H31F3N8O2. The van der Waals surface area contributed by atoms with Crippen molar-refractivity contribution in [1.29, 1.82) is 0 Å². The molecule has 43 heavy (non-hydrogen) atoms. The number of nitrogens with one attached hydrogen (secondary N) is 1. The Morgan fingerprint density at radius 3 is 2.60 bits per heavy atom. The first-order valence-electron chi connectivity index (χ1n) is 13.7. The van der Waals surface area contributed by atoms with Gasteiger partial charge in [-0.15, -0.1) is 0 Å². The van der Waals surface area contributed by atoms with Crippen molar-refractivity contribution in [3.63, 3.8) is 0 Å². The molecule has 0 radical (unpaired) electrons. The van der Waals surface area contributed by atoms with Crippen LogP contribution in [-0.4, -0.2) is 68.2 Å². The van der Waals surface area contributed by atoms with Gasteiger partial charge in [0.25, 0.3) is 5.91 Å². The molecule has 0 aliphatic carbocycles. The van der Waals surface area contributed by atoms with Crippen molar-refractivity contribution in [2.75, 3.05) is 38.2 Å². The molecule has 1 fully saturated rings. The molecule has 1 saturated heterocycles. The molecule has 1 aliphatic heterocycles. The van der Waals surface area contributed by atoms with Gasteiger partial charge in [-0.2, -0.15) is 13.2 Å². The Morgan fingerprint density at radius 2 is 1.88 bits per heavy atom. The van der Waals surface area contributed by atoms with Gasteiger partial charge in [0.1, 0.15) is 28.7 Å². The van der Waals surface area contributed by atoms with Crippen LogP contribution in [-0.2, 0) is 11.0 Å².